The number of aliphatic imine (C=N–C) groups is 1. The van der Waals surface area contributed by atoms with Gasteiger partial charge in [0.1, 0.15) is 18.1 Å². The number of benzene rings is 2. The van der Waals surface area contributed by atoms with Gasteiger partial charge >= 0.3 is 0 Å². The van der Waals surface area contributed by atoms with E-state index >= 15 is 0 Å². The van der Waals surface area contributed by atoms with Gasteiger partial charge in [-0.2, -0.15) is 0 Å². The molecule has 1 saturated heterocycles. The fourth-order valence-electron chi connectivity index (χ4n) is 3.42. The quantitative estimate of drug-likeness (QED) is 0.449. The van der Waals surface area contributed by atoms with Crippen molar-refractivity contribution >= 4 is 5.96 Å². The lowest BCUT2D eigenvalue weighted by molar-refractivity contribution is 0.0322. The molecule has 0 aromatic heterocycles. The van der Waals surface area contributed by atoms with Gasteiger partial charge in [-0.25, -0.2) is 0 Å². The Kier molecular flexibility index (Phi) is 9.47. The Balaban J connectivity index is 1.42. The molecule has 2 N–H and O–H groups in total. The molecule has 7 heteroatoms. The third-order valence-electron chi connectivity index (χ3n) is 5.28. The average molecular weight is 427 g/mol. The number of hydrogen-bond donors (Lipinski definition) is 2. The molecule has 1 aliphatic rings. The second kappa shape index (κ2) is 12.8. The second-order valence-electron chi connectivity index (χ2n) is 7.36. The third kappa shape index (κ3) is 7.77. The molecule has 1 heterocycles. The summed E-state index contributed by atoms with van der Waals surface area (Å²) in [4.78, 5) is 6.70. The van der Waals surface area contributed by atoms with Crippen molar-refractivity contribution in [3.8, 4) is 11.5 Å². The SMILES string of the molecule is CN=C(NCCc1ccc(OC)cc1)NCc1ccccc1OCCN1CCOCC1. The number of methoxy groups -OCH3 is 1. The van der Waals surface area contributed by atoms with E-state index in [1.165, 1.54) is 5.56 Å². The minimum Gasteiger partial charge on any atom is -0.497 e. The number of hydrogen-bond acceptors (Lipinski definition) is 5. The summed E-state index contributed by atoms with van der Waals surface area (Å²) in [6.07, 6.45) is 0.909. The molecule has 0 amide bonds. The van der Waals surface area contributed by atoms with E-state index < -0.39 is 0 Å². The first-order chi connectivity index (χ1) is 15.3. The van der Waals surface area contributed by atoms with E-state index in [4.69, 9.17) is 14.2 Å². The summed E-state index contributed by atoms with van der Waals surface area (Å²) in [5.74, 6) is 2.56. The molecule has 2 aromatic rings. The summed E-state index contributed by atoms with van der Waals surface area (Å²) in [7, 11) is 3.47. The molecule has 0 unspecified atom stereocenters. The van der Waals surface area contributed by atoms with Crippen LogP contribution in [0.5, 0.6) is 11.5 Å². The van der Waals surface area contributed by atoms with E-state index in [2.05, 4.69) is 38.7 Å². The van der Waals surface area contributed by atoms with Crippen LogP contribution in [0, 0.1) is 0 Å². The first-order valence-corrected chi connectivity index (χ1v) is 10.9. The number of nitrogens with zero attached hydrogens (tertiary/aromatic N) is 2. The standard InChI is InChI=1S/C24H34N4O3/c1-25-24(26-12-11-20-7-9-22(29-2)10-8-20)27-19-21-5-3-4-6-23(21)31-18-15-28-13-16-30-17-14-28/h3-10H,11-19H2,1-2H3,(H2,25,26,27). The lowest BCUT2D eigenvalue weighted by atomic mass is 10.1. The maximum absolute atomic E-state index is 6.07. The van der Waals surface area contributed by atoms with Crippen molar-refractivity contribution in [1.29, 1.82) is 0 Å². The van der Waals surface area contributed by atoms with Gasteiger partial charge in [0, 0.05) is 45.3 Å². The Labute approximate surface area is 185 Å². The van der Waals surface area contributed by atoms with Crippen LogP contribution in [0.15, 0.2) is 53.5 Å². The van der Waals surface area contributed by atoms with Crippen LogP contribution >= 0.6 is 0 Å². The summed E-state index contributed by atoms with van der Waals surface area (Å²) < 4.78 is 16.7. The molecule has 1 fully saturated rings. The molecular weight excluding hydrogens is 392 g/mol. The van der Waals surface area contributed by atoms with Gasteiger partial charge in [0.2, 0.25) is 0 Å². The second-order valence-corrected chi connectivity index (χ2v) is 7.36. The predicted molar refractivity (Wildman–Crippen MR) is 124 cm³/mol. The molecule has 31 heavy (non-hydrogen) atoms. The number of ether oxygens (including phenoxy) is 3. The van der Waals surface area contributed by atoms with Gasteiger partial charge in [-0.3, -0.25) is 9.89 Å². The summed E-state index contributed by atoms with van der Waals surface area (Å²) >= 11 is 0. The van der Waals surface area contributed by atoms with Crippen LogP contribution in [-0.2, 0) is 17.7 Å². The zero-order valence-corrected chi connectivity index (χ0v) is 18.6. The van der Waals surface area contributed by atoms with Crippen LogP contribution in [0.4, 0.5) is 0 Å². The largest absolute Gasteiger partial charge is 0.497 e. The number of guanidine groups is 1. The Morgan fingerprint density at radius 2 is 1.84 bits per heavy atom. The van der Waals surface area contributed by atoms with Gasteiger partial charge in [0.05, 0.1) is 20.3 Å². The van der Waals surface area contributed by atoms with Crippen molar-refractivity contribution in [1.82, 2.24) is 15.5 Å². The molecule has 7 nitrogen and oxygen atoms in total. The molecule has 2 aromatic carbocycles. The minimum atomic E-state index is 0.649. The molecule has 3 rings (SSSR count). The predicted octanol–water partition coefficient (Wildman–Crippen LogP) is 2.31. The van der Waals surface area contributed by atoms with E-state index in [9.17, 15) is 0 Å². The van der Waals surface area contributed by atoms with Gasteiger partial charge in [0.15, 0.2) is 5.96 Å². The van der Waals surface area contributed by atoms with Crippen LogP contribution < -0.4 is 20.1 Å². The van der Waals surface area contributed by atoms with Gasteiger partial charge in [0.25, 0.3) is 0 Å². The summed E-state index contributed by atoms with van der Waals surface area (Å²) in [5, 5.41) is 6.75. The van der Waals surface area contributed by atoms with Gasteiger partial charge < -0.3 is 24.8 Å². The number of nitrogens with one attached hydrogen (secondary N) is 2. The molecule has 168 valence electrons. The number of morpholine rings is 1. The van der Waals surface area contributed by atoms with Crippen molar-refractivity contribution in [3.05, 3.63) is 59.7 Å². The van der Waals surface area contributed by atoms with Crippen LogP contribution in [0.3, 0.4) is 0 Å². The van der Waals surface area contributed by atoms with Crippen LogP contribution in [-0.4, -0.2) is 71.0 Å². The Hall–Kier alpha value is -2.77. The Morgan fingerprint density at radius 1 is 1.06 bits per heavy atom. The first-order valence-electron chi connectivity index (χ1n) is 10.9. The third-order valence-corrected chi connectivity index (χ3v) is 5.28. The van der Waals surface area contributed by atoms with Crippen molar-refractivity contribution in [2.75, 3.05) is 60.2 Å². The fourth-order valence-corrected chi connectivity index (χ4v) is 3.42. The van der Waals surface area contributed by atoms with Crippen molar-refractivity contribution < 1.29 is 14.2 Å². The van der Waals surface area contributed by atoms with E-state index in [-0.39, 0.29) is 0 Å². The minimum absolute atomic E-state index is 0.649. The molecular formula is C24H34N4O3. The molecule has 0 radical (unpaired) electrons. The van der Waals surface area contributed by atoms with E-state index in [1.54, 1.807) is 14.2 Å². The lowest BCUT2D eigenvalue weighted by Gasteiger charge is -2.26. The topological polar surface area (TPSA) is 67.4 Å². The summed E-state index contributed by atoms with van der Waals surface area (Å²) in [5.41, 5.74) is 2.37. The molecule has 1 aliphatic heterocycles. The highest BCUT2D eigenvalue weighted by molar-refractivity contribution is 5.79. The smallest absolute Gasteiger partial charge is 0.191 e. The maximum atomic E-state index is 6.07. The van der Waals surface area contributed by atoms with Crippen LogP contribution in [0.2, 0.25) is 0 Å². The summed E-state index contributed by atoms with van der Waals surface area (Å²) in [6, 6.07) is 16.3. The highest BCUT2D eigenvalue weighted by Gasteiger charge is 2.11. The van der Waals surface area contributed by atoms with E-state index in [1.807, 2.05) is 30.3 Å². The number of rotatable bonds is 10. The average Bonchev–Trinajstić information content (AvgIpc) is 2.83. The van der Waals surface area contributed by atoms with Crippen molar-refractivity contribution in [2.45, 2.75) is 13.0 Å². The van der Waals surface area contributed by atoms with Gasteiger partial charge in [-0.15, -0.1) is 0 Å². The highest BCUT2D eigenvalue weighted by atomic mass is 16.5. The zero-order chi connectivity index (χ0) is 21.7. The molecule has 0 saturated carbocycles. The normalized spacial score (nSPS) is 14.8. The van der Waals surface area contributed by atoms with Gasteiger partial charge in [-0.1, -0.05) is 30.3 Å². The monoisotopic (exact) mass is 426 g/mol. The van der Waals surface area contributed by atoms with Crippen LogP contribution in [0.1, 0.15) is 11.1 Å². The first kappa shape index (κ1) is 22.9. The Morgan fingerprint density at radius 3 is 2.58 bits per heavy atom. The molecule has 0 atom stereocenters. The summed E-state index contributed by atoms with van der Waals surface area (Å²) in [6.45, 7) is 6.61. The van der Waals surface area contributed by atoms with E-state index in [0.29, 0.717) is 13.2 Å². The van der Waals surface area contributed by atoms with Gasteiger partial charge in [-0.05, 0) is 30.2 Å². The molecule has 0 bridgehead atoms. The maximum Gasteiger partial charge on any atom is 0.191 e. The molecule has 0 spiro atoms. The van der Waals surface area contributed by atoms with Crippen LogP contribution in [0.25, 0.3) is 0 Å². The zero-order valence-electron chi connectivity index (χ0n) is 18.6. The number of para-hydroxylation sites is 1. The van der Waals surface area contributed by atoms with Crippen molar-refractivity contribution in [2.24, 2.45) is 4.99 Å². The van der Waals surface area contributed by atoms with Crippen molar-refractivity contribution in [3.63, 3.8) is 0 Å². The van der Waals surface area contributed by atoms with E-state index in [0.717, 1.165) is 68.8 Å². The lowest BCUT2D eigenvalue weighted by Crippen LogP contribution is -2.39. The fraction of sp³-hybridized carbons (Fsp3) is 0.458. The molecule has 0 aliphatic carbocycles. The Bertz CT molecular complexity index is 805. The highest BCUT2D eigenvalue weighted by Crippen LogP contribution is 2.18.